The molecule has 3 rings (SSSR count). The Kier molecular flexibility index (Phi) is 1.22. The van der Waals surface area contributed by atoms with Crippen molar-refractivity contribution in [1.29, 1.82) is 0 Å². The second-order valence-electron chi connectivity index (χ2n) is 3.15. The number of fused-ring (bicyclic) bond motifs is 3. The average molecular weight is 129 g/mol. The Labute approximate surface area is 54.8 Å². The number of hydrogen-bond acceptors (Lipinski definition) is 1. The zero-order chi connectivity index (χ0) is 6.27. The summed E-state index contributed by atoms with van der Waals surface area (Å²) in [6.07, 6.45) is 2.68. The lowest BCUT2D eigenvalue weighted by Gasteiger charge is -2.41. The molecule has 9 heavy (non-hydrogen) atoms. The summed E-state index contributed by atoms with van der Waals surface area (Å²) in [7, 11) is 0. The summed E-state index contributed by atoms with van der Waals surface area (Å²) in [5.41, 5.74) is 0. The lowest BCUT2D eigenvalue weighted by atomic mass is 9.88. The standard InChI is InChI=1S/C7H12FN/c8-7-5-6-1-3-9(7)4-2-6/h6-7H,1-5H2. The number of piperidine rings is 3. The van der Waals surface area contributed by atoms with Gasteiger partial charge in [-0.1, -0.05) is 0 Å². The van der Waals surface area contributed by atoms with Crippen LogP contribution in [0.5, 0.6) is 0 Å². The van der Waals surface area contributed by atoms with Crippen LogP contribution in [0.2, 0.25) is 0 Å². The van der Waals surface area contributed by atoms with Crippen LogP contribution < -0.4 is 0 Å². The summed E-state index contributed by atoms with van der Waals surface area (Å²) in [6, 6.07) is 0. The van der Waals surface area contributed by atoms with E-state index in [0.29, 0.717) is 5.92 Å². The molecule has 0 aromatic rings. The zero-order valence-electron chi connectivity index (χ0n) is 5.52. The van der Waals surface area contributed by atoms with Crippen molar-refractivity contribution < 1.29 is 4.39 Å². The van der Waals surface area contributed by atoms with Gasteiger partial charge in [0.25, 0.3) is 0 Å². The van der Waals surface area contributed by atoms with E-state index in [1.165, 1.54) is 12.8 Å². The van der Waals surface area contributed by atoms with Gasteiger partial charge in [-0.15, -0.1) is 0 Å². The Hall–Kier alpha value is -0.110. The molecule has 1 nitrogen and oxygen atoms in total. The normalized spacial score (nSPS) is 49.7. The Morgan fingerprint density at radius 1 is 1.22 bits per heavy atom. The maximum atomic E-state index is 12.8. The van der Waals surface area contributed by atoms with Gasteiger partial charge in [0.15, 0.2) is 6.30 Å². The van der Waals surface area contributed by atoms with E-state index < -0.39 is 6.30 Å². The molecule has 0 aromatic heterocycles. The number of halogens is 1. The second kappa shape index (κ2) is 1.94. The minimum absolute atomic E-state index is 0.600. The minimum Gasteiger partial charge on any atom is -0.274 e. The van der Waals surface area contributed by atoms with E-state index in [2.05, 4.69) is 0 Å². The molecule has 0 N–H and O–H groups in total. The number of rotatable bonds is 0. The quantitative estimate of drug-likeness (QED) is 0.447. The van der Waals surface area contributed by atoms with Gasteiger partial charge < -0.3 is 0 Å². The first kappa shape index (κ1) is 5.66. The van der Waals surface area contributed by atoms with Gasteiger partial charge in [-0.25, -0.2) is 4.39 Å². The third-order valence-electron chi connectivity index (χ3n) is 2.57. The molecule has 52 valence electrons. The zero-order valence-corrected chi connectivity index (χ0v) is 5.52. The highest BCUT2D eigenvalue weighted by atomic mass is 19.1. The topological polar surface area (TPSA) is 3.24 Å². The van der Waals surface area contributed by atoms with Crippen molar-refractivity contribution in [3.8, 4) is 0 Å². The van der Waals surface area contributed by atoms with Crippen molar-refractivity contribution >= 4 is 0 Å². The summed E-state index contributed by atoms with van der Waals surface area (Å²) in [5, 5.41) is 0. The third kappa shape index (κ3) is 0.855. The van der Waals surface area contributed by atoms with Crippen LogP contribution in [0.25, 0.3) is 0 Å². The van der Waals surface area contributed by atoms with Gasteiger partial charge in [0, 0.05) is 13.1 Å². The van der Waals surface area contributed by atoms with E-state index in [0.717, 1.165) is 19.5 Å². The summed E-state index contributed by atoms with van der Waals surface area (Å²) in [5.74, 6) is 0.713. The highest BCUT2D eigenvalue weighted by Gasteiger charge is 2.32. The van der Waals surface area contributed by atoms with Crippen LogP contribution in [0.1, 0.15) is 19.3 Å². The van der Waals surface area contributed by atoms with Gasteiger partial charge in [0.1, 0.15) is 0 Å². The second-order valence-corrected chi connectivity index (χ2v) is 3.15. The van der Waals surface area contributed by atoms with Crippen molar-refractivity contribution in [2.24, 2.45) is 5.92 Å². The molecule has 3 aliphatic heterocycles. The largest absolute Gasteiger partial charge is 0.274 e. The molecule has 3 fully saturated rings. The van der Waals surface area contributed by atoms with E-state index >= 15 is 0 Å². The first-order chi connectivity index (χ1) is 4.36. The molecule has 0 amide bonds. The fourth-order valence-corrected chi connectivity index (χ4v) is 1.89. The molecule has 0 radical (unpaired) electrons. The van der Waals surface area contributed by atoms with Crippen LogP contribution in [-0.4, -0.2) is 24.3 Å². The van der Waals surface area contributed by atoms with Gasteiger partial charge in [-0.05, 0) is 25.2 Å². The monoisotopic (exact) mass is 129 g/mol. The molecule has 0 aliphatic carbocycles. The fourth-order valence-electron chi connectivity index (χ4n) is 1.89. The number of nitrogens with zero attached hydrogens (tertiary/aromatic N) is 1. The van der Waals surface area contributed by atoms with Gasteiger partial charge >= 0.3 is 0 Å². The molecule has 1 unspecified atom stereocenters. The molecule has 3 heterocycles. The lowest BCUT2D eigenvalue weighted by Crippen LogP contribution is -2.46. The minimum atomic E-state index is -0.600. The highest BCUT2D eigenvalue weighted by molar-refractivity contribution is 4.82. The fraction of sp³-hybridized carbons (Fsp3) is 1.00. The van der Waals surface area contributed by atoms with E-state index in [-0.39, 0.29) is 0 Å². The first-order valence-corrected chi connectivity index (χ1v) is 3.74. The van der Waals surface area contributed by atoms with Crippen molar-refractivity contribution in [1.82, 2.24) is 4.90 Å². The molecular weight excluding hydrogens is 117 g/mol. The Bertz CT molecular complexity index is 107. The molecule has 2 heteroatoms. The maximum absolute atomic E-state index is 12.8. The Morgan fingerprint density at radius 2 is 1.89 bits per heavy atom. The van der Waals surface area contributed by atoms with Gasteiger partial charge in [-0.2, -0.15) is 0 Å². The Morgan fingerprint density at radius 3 is 2.11 bits per heavy atom. The predicted octanol–water partition coefficient (Wildman–Crippen LogP) is 1.40. The maximum Gasteiger partial charge on any atom is 0.153 e. The van der Waals surface area contributed by atoms with Crippen LogP contribution >= 0.6 is 0 Å². The van der Waals surface area contributed by atoms with E-state index in [9.17, 15) is 4.39 Å². The molecule has 2 bridgehead atoms. The van der Waals surface area contributed by atoms with Crippen LogP contribution in [0.15, 0.2) is 0 Å². The van der Waals surface area contributed by atoms with Crippen LogP contribution in [0.3, 0.4) is 0 Å². The summed E-state index contributed by atoms with van der Waals surface area (Å²) >= 11 is 0. The van der Waals surface area contributed by atoms with E-state index in [1.54, 1.807) is 0 Å². The Balaban J connectivity index is 2.06. The molecular formula is C7H12FN. The molecule has 3 saturated heterocycles. The lowest BCUT2D eigenvalue weighted by molar-refractivity contribution is -0.0236. The molecule has 1 atom stereocenters. The summed E-state index contributed by atoms with van der Waals surface area (Å²) in [4.78, 5) is 1.96. The molecule has 3 aliphatic rings. The van der Waals surface area contributed by atoms with Crippen LogP contribution in [0, 0.1) is 5.92 Å². The van der Waals surface area contributed by atoms with Crippen LogP contribution in [0.4, 0.5) is 4.39 Å². The van der Waals surface area contributed by atoms with E-state index in [4.69, 9.17) is 0 Å². The van der Waals surface area contributed by atoms with Crippen LogP contribution in [-0.2, 0) is 0 Å². The van der Waals surface area contributed by atoms with Gasteiger partial charge in [0.2, 0.25) is 0 Å². The van der Waals surface area contributed by atoms with Crippen molar-refractivity contribution in [3.63, 3.8) is 0 Å². The first-order valence-electron chi connectivity index (χ1n) is 3.74. The molecule has 0 spiro atoms. The van der Waals surface area contributed by atoms with Crippen molar-refractivity contribution in [2.45, 2.75) is 25.6 Å². The van der Waals surface area contributed by atoms with Crippen molar-refractivity contribution in [3.05, 3.63) is 0 Å². The highest BCUT2D eigenvalue weighted by Crippen LogP contribution is 2.31. The summed E-state index contributed by atoms with van der Waals surface area (Å²) < 4.78 is 12.8. The number of hydrogen-bond donors (Lipinski definition) is 0. The SMILES string of the molecule is FC1CC2CCN1CC2. The molecule has 0 aromatic carbocycles. The van der Waals surface area contributed by atoms with E-state index in [1.807, 2.05) is 4.90 Å². The number of alkyl halides is 1. The van der Waals surface area contributed by atoms with Gasteiger partial charge in [-0.3, -0.25) is 4.90 Å². The average Bonchev–Trinajstić information content (AvgIpc) is 1.90. The smallest absolute Gasteiger partial charge is 0.153 e. The third-order valence-corrected chi connectivity index (χ3v) is 2.57. The van der Waals surface area contributed by atoms with Crippen molar-refractivity contribution in [2.75, 3.05) is 13.1 Å². The molecule has 0 saturated carbocycles. The predicted molar refractivity (Wildman–Crippen MR) is 33.8 cm³/mol. The van der Waals surface area contributed by atoms with Gasteiger partial charge in [0.05, 0.1) is 0 Å². The summed E-state index contributed by atoms with van der Waals surface area (Å²) in [6.45, 7) is 2.01.